The monoisotopic (exact) mass is 340 g/mol. The Morgan fingerprint density at radius 2 is 2.20 bits per heavy atom. The summed E-state index contributed by atoms with van der Waals surface area (Å²) < 4.78 is 11.0. The average Bonchev–Trinajstić information content (AvgIpc) is 2.97. The van der Waals surface area contributed by atoms with Crippen LogP contribution in [0.2, 0.25) is 0 Å². The number of rotatable bonds is 5. The first-order valence-electron chi connectivity index (χ1n) is 5.69. The Hall–Kier alpha value is -2.09. The first-order valence-corrected chi connectivity index (χ1v) is 6.49. The first-order chi connectivity index (χ1) is 9.65. The van der Waals surface area contributed by atoms with Gasteiger partial charge in [0, 0.05) is 0 Å². The molecule has 7 nitrogen and oxygen atoms in total. The van der Waals surface area contributed by atoms with Crippen LogP contribution in [0.3, 0.4) is 0 Å². The van der Waals surface area contributed by atoms with Gasteiger partial charge in [-0.15, -0.1) is 0 Å². The number of methoxy groups -OCH3 is 2. The number of aromatic nitrogens is 3. The van der Waals surface area contributed by atoms with Crippen molar-refractivity contribution in [2.45, 2.75) is 6.54 Å². The Labute approximate surface area is 123 Å². The summed E-state index contributed by atoms with van der Waals surface area (Å²) in [5.74, 6) is 1.28. The number of ether oxygens (including phenoxy) is 2. The summed E-state index contributed by atoms with van der Waals surface area (Å²) in [4.78, 5) is 16.1. The van der Waals surface area contributed by atoms with Crippen molar-refractivity contribution in [3.05, 3.63) is 34.3 Å². The molecule has 0 fully saturated rings. The van der Waals surface area contributed by atoms with Gasteiger partial charge in [-0.05, 0) is 28.1 Å². The van der Waals surface area contributed by atoms with E-state index < -0.39 is 0 Å². The van der Waals surface area contributed by atoms with Crippen LogP contribution >= 0.6 is 15.9 Å². The molecule has 1 aromatic heterocycles. The van der Waals surface area contributed by atoms with Crippen molar-refractivity contribution in [2.24, 2.45) is 0 Å². The second-order valence-electron chi connectivity index (χ2n) is 3.80. The maximum absolute atomic E-state index is 12.2. The number of hydrogen-bond acceptors (Lipinski definition) is 5. The molecule has 2 aromatic rings. The normalized spacial score (nSPS) is 10.2. The molecule has 0 unspecified atom stereocenters. The van der Waals surface area contributed by atoms with Gasteiger partial charge in [-0.3, -0.25) is 9.89 Å². The minimum absolute atomic E-state index is 0.247. The second-order valence-corrected chi connectivity index (χ2v) is 4.66. The highest BCUT2D eigenvalue weighted by Gasteiger charge is 2.17. The Kier molecular flexibility index (Phi) is 4.57. The number of amides is 1. The molecular formula is C12H13BrN4O3. The number of carbonyl (C=O) groups excluding carboxylic acids is 1. The van der Waals surface area contributed by atoms with Gasteiger partial charge < -0.3 is 14.8 Å². The lowest BCUT2D eigenvalue weighted by Crippen LogP contribution is -2.24. The number of nitrogens with one attached hydrogen (secondary N) is 2. The lowest BCUT2D eigenvalue weighted by Gasteiger charge is -2.12. The topological polar surface area (TPSA) is 89.1 Å². The van der Waals surface area contributed by atoms with Crippen LogP contribution in [0, 0.1) is 0 Å². The van der Waals surface area contributed by atoms with E-state index in [1.54, 1.807) is 12.1 Å². The number of carbonyl (C=O) groups is 1. The maximum Gasteiger partial charge on any atom is 0.255 e. The summed E-state index contributed by atoms with van der Waals surface area (Å²) in [7, 11) is 3.03. The molecule has 1 aromatic carbocycles. The molecule has 1 amide bonds. The summed E-state index contributed by atoms with van der Waals surface area (Å²) in [6.07, 6.45) is 1.38. The summed E-state index contributed by atoms with van der Waals surface area (Å²) in [5, 5.41) is 9.10. The van der Waals surface area contributed by atoms with Gasteiger partial charge >= 0.3 is 0 Å². The summed E-state index contributed by atoms with van der Waals surface area (Å²) in [6.45, 7) is 0.247. The van der Waals surface area contributed by atoms with Crippen LogP contribution in [-0.4, -0.2) is 35.3 Å². The van der Waals surface area contributed by atoms with Crippen LogP contribution < -0.4 is 14.8 Å². The van der Waals surface area contributed by atoms with E-state index in [1.807, 2.05) is 0 Å². The quantitative estimate of drug-likeness (QED) is 0.861. The Morgan fingerprint density at radius 1 is 1.40 bits per heavy atom. The van der Waals surface area contributed by atoms with E-state index in [4.69, 9.17) is 9.47 Å². The standard InChI is InChI=1S/C12H13BrN4O3/c1-19-7-3-8(11(20-2)9(13)4-7)12(18)14-5-10-15-6-16-17-10/h3-4,6H,5H2,1-2H3,(H,14,18)(H,15,16,17). The van der Waals surface area contributed by atoms with Crippen LogP contribution in [0.15, 0.2) is 22.9 Å². The molecular weight excluding hydrogens is 328 g/mol. The number of benzene rings is 1. The van der Waals surface area contributed by atoms with E-state index in [0.29, 0.717) is 27.4 Å². The predicted octanol–water partition coefficient (Wildman–Crippen LogP) is 1.51. The molecule has 106 valence electrons. The molecule has 8 heteroatoms. The van der Waals surface area contributed by atoms with Crippen molar-refractivity contribution in [1.82, 2.24) is 20.5 Å². The summed E-state index contributed by atoms with van der Waals surface area (Å²) in [6, 6.07) is 3.34. The first kappa shape index (κ1) is 14.3. The number of aromatic amines is 1. The van der Waals surface area contributed by atoms with Gasteiger partial charge in [0.15, 0.2) is 0 Å². The lowest BCUT2D eigenvalue weighted by atomic mass is 10.1. The van der Waals surface area contributed by atoms with Crippen molar-refractivity contribution in [3.8, 4) is 11.5 Å². The molecule has 0 saturated carbocycles. The van der Waals surface area contributed by atoms with Crippen LogP contribution in [0.5, 0.6) is 11.5 Å². The van der Waals surface area contributed by atoms with Crippen molar-refractivity contribution >= 4 is 21.8 Å². The molecule has 0 aliphatic heterocycles. The Morgan fingerprint density at radius 3 is 2.80 bits per heavy atom. The number of H-pyrrole nitrogens is 1. The van der Waals surface area contributed by atoms with Crippen LogP contribution in [0.1, 0.15) is 16.2 Å². The van der Waals surface area contributed by atoms with Crippen molar-refractivity contribution in [3.63, 3.8) is 0 Å². The number of halogens is 1. The van der Waals surface area contributed by atoms with Gasteiger partial charge in [0.25, 0.3) is 5.91 Å². The second kappa shape index (κ2) is 6.38. The van der Waals surface area contributed by atoms with Gasteiger partial charge in [0.05, 0.1) is 30.8 Å². The maximum atomic E-state index is 12.2. The van der Waals surface area contributed by atoms with Gasteiger partial charge in [-0.25, -0.2) is 4.98 Å². The minimum atomic E-state index is -0.294. The zero-order valence-corrected chi connectivity index (χ0v) is 12.5. The molecule has 0 atom stereocenters. The molecule has 0 aliphatic carbocycles. The van der Waals surface area contributed by atoms with Gasteiger partial charge in [0.1, 0.15) is 23.7 Å². The SMILES string of the molecule is COc1cc(Br)c(OC)c(C(=O)NCc2ncn[nH]2)c1. The van der Waals surface area contributed by atoms with Crippen LogP contribution in [0.25, 0.3) is 0 Å². The Balaban J connectivity index is 2.21. The fraction of sp³-hybridized carbons (Fsp3) is 0.250. The molecule has 0 aliphatic rings. The van der Waals surface area contributed by atoms with E-state index in [-0.39, 0.29) is 12.5 Å². The van der Waals surface area contributed by atoms with Crippen LogP contribution in [0.4, 0.5) is 0 Å². The average molecular weight is 341 g/mol. The van der Waals surface area contributed by atoms with Crippen molar-refractivity contribution in [1.29, 1.82) is 0 Å². The highest BCUT2D eigenvalue weighted by Crippen LogP contribution is 2.33. The predicted molar refractivity (Wildman–Crippen MR) is 74.8 cm³/mol. The van der Waals surface area contributed by atoms with Crippen molar-refractivity contribution in [2.75, 3.05) is 14.2 Å². The van der Waals surface area contributed by atoms with Gasteiger partial charge in [0.2, 0.25) is 0 Å². The zero-order chi connectivity index (χ0) is 14.5. The molecule has 0 spiro atoms. The highest BCUT2D eigenvalue weighted by atomic mass is 79.9. The zero-order valence-electron chi connectivity index (χ0n) is 10.9. The highest BCUT2D eigenvalue weighted by molar-refractivity contribution is 9.10. The molecule has 1 heterocycles. The van der Waals surface area contributed by atoms with E-state index in [0.717, 1.165) is 0 Å². The molecule has 0 saturated heterocycles. The van der Waals surface area contributed by atoms with E-state index in [2.05, 4.69) is 36.4 Å². The van der Waals surface area contributed by atoms with Crippen molar-refractivity contribution < 1.29 is 14.3 Å². The van der Waals surface area contributed by atoms with E-state index >= 15 is 0 Å². The molecule has 0 radical (unpaired) electrons. The van der Waals surface area contributed by atoms with E-state index in [1.165, 1.54) is 20.5 Å². The van der Waals surface area contributed by atoms with Gasteiger partial charge in [-0.2, -0.15) is 5.10 Å². The summed E-state index contributed by atoms with van der Waals surface area (Å²) >= 11 is 3.34. The fourth-order valence-corrected chi connectivity index (χ4v) is 2.24. The van der Waals surface area contributed by atoms with Gasteiger partial charge in [-0.1, -0.05) is 0 Å². The minimum Gasteiger partial charge on any atom is -0.497 e. The molecule has 2 N–H and O–H groups in total. The molecule has 0 bridgehead atoms. The van der Waals surface area contributed by atoms with Crippen LogP contribution in [-0.2, 0) is 6.54 Å². The smallest absolute Gasteiger partial charge is 0.255 e. The number of nitrogens with zero attached hydrogens (tertiary/aromatic N) is 2. The number of hydrogen-bond donors (Lipinski definition) is 2. The molecule has 20 heavy (non-hydrogen) atoms. The fourth-order valence-electron chi connectivity index (χ4n) is 1.64. The van der Waals surface area contributed by atoms with E-state index in [9.17, 15) is 4.79 Å². The largest absolute Gasteiger partial charge is 0.497 e. The third kappa shape index (κ3) is 3.08. The Bertz CT molecular complexity index is 601. The third-order valence-corrected chi connectivity index (χ3v) is 3.17. The summed E-state index contributed by atoms with van der Waals surface area (Å²) in [5.41, 5.74) is 0.373. The third-order valence-electron chi connectivity index (χ3n) is 2.58. The molecule has 2 rings (SSSR count). The lowest BCUT2D eigenvalue weighted by molar-refractivity contribution is 0.0946.